The van der Waals surface area contributed by atoms with Crippen LogP contribution in [0.2, 0.25) is 0 Å². The van der Waals surface area contributed by atoms with Crippen molar-refractivity contribution in [2.24, 2.45) is 5.92 Å². The molecule has 0 amide bonds. The quantitative estimate of drug-likeness (QED) is 0.805. The maximum absolute atomic E-state index is 3.62. The molecule has 0 aromatic rings. The highest BCUT2D eigenvalue weighted by molar-refractivity contribution is 4.82. The van der Waals surface area contributed by atoms with Crippen LogP contribution in [0.1, 0.15) is 66.7 Å². The van der Waals surface area contributed by atoms with Gasteiger partial charge in [-0.15, -0.1) is 0 Å². The van der Waals surface area contributed by atoms with Crippen molar-refractivity contribution in [1.82, 2.24) is 10.2 Å². The van der Waals surface area contributed by atoms with Gasteiger partial charge in [-0.25, -0.2) is 0 Å². The molecule has 0 saturated heterocycles. The number of nitrogens with one attached hydrogen (secondary N) is 1. The van der Waals surface area contributed by atoms with Crippen molar-refractivity contribution in [2.75, 3.05) is 13.6 Å². The number of nitrogens with zero attached hydrogens (tertiary/aromatic N) is 1. The number of rotatable bonds is 5. The van der Waals surface area contributed by atoms with Crippen molar-refractivity contribution in [3.63, 3.8) is 0 Å². The summed E-state index contributed by atoms with van der Waals surface area (Å²) in [7, 11) is 2.31. The standard InChI is InChI=1S/C16H34N2/c1-7-14-8-10-15(11-9-14)18(6)13(2)12-17-16(3,4)5/h13-15,17H,7-12H2,1-6H3. The second-order valence-corrected chi connectivity index (χ2v) is 7.23. The van der Waals surface area contributed by atoms with Crippen LogP contribution in [0.4, 0.5) is 0 Å². The summed E-state index contributed by atoms with van der Waals surface area (Å²) >= 11 is 0. The van der Waals surface area contributed by atoms with Crippen LogP contribution in [0, 0.1) is 5.92 Å². The Morgan fingerprint density at radius 3 is 2.17 bits per heavy atom. The lowest BCUT2D eigenvalue weighted by molar-refractivity contribution is 0.121. The van der Waals surface area contributed by atoms with Crippen LogP contribution in [-0.4, -0.2) is 36.1 Å². The SMILES string of the molecule is CCC1CCC(N(C)C(C)CNC(C)(C)C)CC1. The highest BCUT2D eigenvalue weighted by Gasteiger charge is 2.25. The molecule has 1 aliphatic carbocycles. The monoisotopic (exact) mass is 254 g/mol. The lowest BCUT2D eigenvalue weighted by atomic mass is 9.84. The number of hydrogen-bond acceptors (Lipinski definition) is 2. The van der Waals surface area contributed by atoms with Gasteiger partial charge in [0.05, 0.1) is 0 Å². The van der Waals surface area contributed by atoms with E-state index in [0.717, 1.165) is 18.5 Å². The van der Waals surface area contributed by atoms with E-state index in [0.29, 0.717) is 6.04 Å². The van der Waals surface area contributed by atoms with E-state index >= 15 is 0 Å². The molecule has 1 atom stereocenters. The van der Waals surface area contributed by atoms with Crippen LogP contribution in [0.5, 0.6) is 0 Å². The molecule has 2 heteroatoms. The van der Waals surface area contributed by atoms with Gasteiger partial charge < -0.3 is 5.32 Å². The predicted octanol–water partition coefficient (Wildman–Crippen LogP) is 3.66. The van der Waals surface area contributed by atoms with Gasteiger partial charge in [0, 0.05) is 24.2 Å². The minimum atomic E-state index is 0.231. The lowest BCUT2D eigenvalue weighted by Gasteiger charge is -2.38. The largest absolute Gasteiger partial charge is 0.311 e. The zero-order chi connectivity index (χ0) is 13.8. The highest BCUT2D eigenvalue weighted by atomic mass is 15.2. The molecule has 0 heterocycles. The summed E-state index contributed by atoms with van der Waals surface area (Å²) < 4.78 is 0. The fourth-order valence-electron chi connectivity index (χ4n) is 2.92. The van der Waals surface area contributed by atoms with E-state index in [-0.39, 0.29) is 5.54 Å². The smallest absolute Gasteiger partial charge is 0.0192 e. The Kier molecular flexibility index (Phi) is 6.13. The summed E-state index contributed by atoms with van der Waals surface area (Å²) in [5.74, 6) is 0.998. The molecule has 0 radical (unpaired) electrons. The molecule has 0 spiro atoms. The Bertz CT molecular complexity index is 224. The molecular formula is C16H34N2. The molecule has 1 fully saturated rings. The first-order valence-corrected chi connectivity index (χ1v) is 7.80. The predicted molar refractivity (Wildman–Crippen MR) is 81.0 cm³/mol. The fraction of sp³-hybridized carbons (Fsp3) is 1.00. The average molecular weight is 254 g/mol. The van der Waals surface area contributed by atoms with Crippen molar-refractivity contribution in [2.45, 2.75) is 84.3 Å². The molecule has 2 nitrogen and oxygen atoms in total. The van der Waals surface area contributed by atoms with E-state index in [1.165, 1.54) is 32.1 Å². The van der Waals surface area contributed by atoms with Crippen molar-refractivity contribution in [3.05, 3.63) is 0 Å². The van der Waals surface area contributed by atoms with Crippen molar-refractivity contribution >= 4 is 0 Å². The Labute approximate surface area is 115 Å². The topological polar surface area (TPSA) is 15.3 Å². The summed E-state index contributed by atoms with van der Waals surface area (Å²) in [6, 6.07) is 1.44. The zero-order valence-electron chi connectivity index (χ0n) is 13.4. The number of likely N-dealkylation sites (N-methyl/N-ethyl adjacent to an activating group) is 1. The lowest BCUT2D eigenvalue weighted by Crippen LogP contribution is -2.48. The van der Waals surface area contributed by atoms with Gasteiger partial charge in [-0.05, 0) is 66.3 Å². The van der Waals surface area contributed by atoms with Crippen molar-refractivity contribution < 1.29 is 0 Å². The maximum atomic E-state index is 3.62. The fourth-order valence-corrected chi connectivity index (χ4v) is 2.92. The molecule has 1 rings (SSSR count). The summed E-state index contributed by atoms with van der Waals surface area (Å²) in [6.07, 6.45) is 7.04. The van der Waals surface area contributed by atoms with Gasteiger partial charge in [-0.1, -0.05) is 13.3 Å². The van der Waals surface area contributed by atoms with Gasteiger partial charge in [0.25, 0.3) is 0 Å². The normalized spacial score (nSPS) is 27.5. The van der Waals surface area contributed by atoms with Gasteiger partial charge in [0.1, 0.15) is 0 Å². The summed E-state index contributed by atoms with van der Waals surface area (Å²) in [6.45, 7) is 12.5. The first-order chi connectivity index (χ1) is 8.33. The molecule has 1 N–H and O–H groups in total. The first-order valence-electron chi connectivity index (χ1n) is 7.80. The van der Waals surface area contributed by atoms with E-state index in [2.05, 4.69) is 51.9 Å². The Morgan fingerprint density at radius 2 is 1.72 bits per heavy atom. The van der Waals surface area contributed by atoms with E-state index in [1.807, 2.05) is 0 Å². The average Bonchev–Trinajstić information content (AvgIpc) is 2.34. The molecule has 0 aromatic heterocycles. The third-order valence-electron chi connectivity index (χ3n) is 4.59. The van der Waals surface area contributed by atoms with Crippen LogP contribution in [0.15, 0.2) is 0 Å². The van der Waals surface area contributed by atoms with E-state index < -0.39 is 0 Å². The van der Waals surface area contributed by atoms with Crippen LogP contribution >= 0.6 is 0 Å². The molecule has 1 saturated carbocycles. The maximum Gasteiger partial charge on any atom is 0.0192 e. The van der Waals surface area contributed by atoms with Gasteiger partial charge in [-0.2, -0.15) is 0 Å². The third-order valence-corrected chi connectivity index (χ3v) is 4.59. The second-order valence-electron chi connectivity index (χ2n) is 7.23. The van der Waals surface area contributed by atoms with Gasteiger partial charge in [-0.3, -0.25) is 4.90 Å². The molecule has 0 bridgehead atoms. The highest BCUT2D eigenvalue weighted by Crippen LogP contribution is 2.29. The minimum absolute atomic E-state index is 0.231. The van der Waals surface area contributed by atoms with Gasteiger partial charge in [0.2, 0.25) is 0 Å². The van der Waals surface area contributed by atoms with Crippen LogP contribution in [0.3, 0.4) is 0 Å². The van der Waals surface area contributed by atoms with E-state index in [9.17, 15) is 0 Å². The van der Waals surface area contributed by atoms with E-state index in [4.69, 9.17) is 0 Å². The number of hydrogen-bond donors (Lipinski definition) is 1. The summed E-state index contributed by atoms with van der Waals surface area (Å²) in [5, 5.41) is 3.62. The van der Waals surface area contributed by atoms with Gasteiger partial charge >= 0.3 is 0 Å². The Hall–Kier alpha value is -0.0800. The molecule has 0 aliphatic heterocycles. The van der Waals surface area contributed by atoms with Crippen LogP contribution in [-0.2, 0) is 0 Å². The zero-order valence-corrected chi connectivity index (χ0v) is 13.4. The summed E-state index contributed by atoms with van der Waals surface area (Å²) in [4.78, 5) is 2.60. The molecule has 108 valence electrons. The van der Waals surface area contributed by atoms with Crippen LogP contribution < -0.4 is 5.32 Å². The molecule has 1 aliphatic rings. The molecular weight excluding hydrogens is 220 g/mol. The first kappa shape index (κ1) is 16.0. The minimum Gasteiger partial charge on any atom is -0.311 e. The van der Waals surface area contributed by atoms with Crippen molar-refractivity contribution in [3.8, 4) is 0 Å². The van der Waals surface area contributed by atoms with Gasteiger partial charge in [0.15, 0.2) is 0 Å². The second kappa shape index (κ2) is 6.91. The molecule has 0 aromatic carbocycles. The van der Waals surface area contributed by atoms with Crippen molar-refractivity contribution in [1.29, 1.82) is 0 Å². The van der Waals surface area contributed by atoms with E-state index in [1.54, 1.807) is 0 Å². The third kappa shape index (κ3) is 5.27. The Balaban J connectivity index is 2.33. The van der Waals surface area contributed by atoms with Crippen LogP contribution in [0.25, 0.3) is 0 Å². The molecule has 1 unspecified atom stereocenters. The summed E-state index contributed by atoms with van der Waals surface area (Å²) in [5.41, 5.74) is 0.231. The Morgan fingerprint density at radius 1 is 1.17 bits per heavy atom. The molecule has 18 heavy (non-hydrogen) atoms.